The van der Waals surface area contributed by atoms with Crippen molar-refractivity contribution >= 4 is 0 Å². The highest BCUT2D eigenvalue weighted by atomic mass is 19.1. The summed E-state index contributed by atoms with van der Waals surface area (Å²) in [6, 6.07) is 13.1. The topological polar surface area (TPSA) is 76.6 Å². The maximum Gasteiger partial charge on any atom is 0.145 e. The van der Waals surface area contributed by atoms with Gasteiger partial charge in [0.1, 0.15) is 30.2 Å². The molecule has 0 fully saturated rings. The lowest BCUT2D eigenvalue weighted by Crippen LogP contribution is -2.03. The molecule has 3 aromatic rings. The van der Waals surface area contributed by atoms with Crippen molar-refractivity contribution in [3.8, 4) is 17.5 Å². The largest absolute Gasteiger partial charge is 0.487 e. The molecule has 0 aliphatic carbocycles. The maximum atomic E-state index is 13.2. The molecule has 0 spiro atoms. The van der Waals surface area contributed by atoms with Gasteiger partial charge in [-0.25, -0.2) is 4.39 Å². The van der Waals surface area contributed by atoms with E-state index in [0.29, 0.717) is 22.6 Å². The van der Waals surface area contributed by atoms with Crippen LogP contribution in [0.1, 0.15) is 11.1 Å². The highest BCUT2D eigenvalue weighted by molar-refractivity contribution is 5.51. The molecule has 1 heterocycles. The molecule has 0 aliphatic heterocycles. The fraction of sp³-hybridized carbons (Fsp3) is 0.0667. The third-order valence-electron chi connectivity index (χ3n) is 2.97. The fourth-order valence-electron chi connectivity index (χ4n) is 1.95. The quantitative estimate of drug-likeness (QED) is 0.737. The number of nitrogens with zero attached hydrogens (tertiary/aromatic N) is 5. The Morgan fingerprint density at radius 2 is 2.14 bits per heavy atom. The van der Waals surface area contributed by atoms with Gasteiger partial charge in [0.2, 0.25) is 0 Å². The molecule has 22 heavy (non-hydrogen) atoms. The molecule has 0 saturated carbocycles. The molecule has 0 aliphatic rings. The lowest BCUT2D eigenvalue weighted by Gasteiger charge is -2.11. The average molecular weight is 295 g/mol. The molecular weight excluding hydrogens is 285 g/mol. The van der Waals surface area contributed by atoms with Crippen molar-refractivity contribution in [2.24, 2.45) is 0 Å². The molecule has 0 bridgehead atoms. The molecule has 108 valence electrons. The van der Waals surface area contributed by atoms with Gasteiger partial charge in [-0.05, 0) is 46.3 Å². The SMILES string of the molecule is N#Cc1ccc(OCc2cccc(F)c2)c(-n2cnnn2)c1. The Labute approximate surface area is 125 Å². The van der Waals surface area contributed by atoms with Crippen LogP contribution in [0.15, 0.2) is 48.8 Å². The summed E-state index contributed by atoms with van der Waals surface area (Å²) < 4.78 is 20.3. The van der Waals surface area contributed by atoms with Crippen LogP contribution in [0.25, 0.3) is 5.69 Å². The standard InChI is InChI=1S/C15H10FN5O/c16-13-3-1-2-12(6-13)9-22-15-5-4-11(8-17)7-14(15)21-10-18-19-20-21/h1-7,10H,9H2. The van der Waals surface area contributed by atoms with E-state index in [2.05, 4.69) is 21.6 Å². The number of halogens is 1. The summed E-state index contributed by atoms with van der Waals surface area (Å²) >= 11 is 0. The van der Waals surface area contributed by atoms with Crippen molar-refractivity contribution in [3.63, 3.8) is 0 Å². The summed E-state index contributed by atoms with van der Waals surface area (Å²) in [5.74, 6) is 0.178. The van der Waals surface area contributed by atoms with Gasteiger partial charge in [-0.3, -0.25) is 0 Å². The van der Waals surface area contributed by atoms with Crippen molar-refractivity contribution in [1.29, 1.82) is 5.26 Å². The Bertz CT molecular complexity index is 826. The smallest absolute Gasteiger partial charge is 0.145 e. The van der Waals surface area contributed by atoms with Crippen molar-refractivity contribution < 1.29 is 9.13 Å². The highest BCUT2D eigenvalue weighted by Gasteiger charge is 2.09. The zero-order valence-electron chi connectivity index (χ0n) is 11.3. The van der Waals surface area contributed by atoms with Gasteiger partial charge in [-0.15, -0.1) is 5.10 Å². The lowest BCUT2D eigenvalue weighted by atomic mass is 10.2. The Hall–Kier alpha value is -3.27. The average Bonchev–Trinajstić information content (AvgIpc) is 3.07. The minimum Gasteiger partial charge on any atom is -0.487 e. The lowest BCUT2D eigenvalue weighted by molar-refractivity contribution is 0.304. The molecule has 0 atom stereocenters. The van der Waals surface area contributed by atoms with Crippen LogP contribution in [0.5, 0.6) is 5.75 Å². The van der Waals surface area contributed by atoms with E-state index in [1.165, 1.54) is 23.1 Å². The van der Waals surface area contributed by atoms with Crippen molar-refractivity contribution in [2.45, 2.75) is 6.61 Å². The van der Waals surface area contributed by atoms with Gasteiger partial charge < -0.3 is 4.74 Å². The monoisotopic (exact) mass is 295 g/mol. The van der Waals surface area contributed by atoms with E-state index >= 15 is 0 Å². The van der Waals surface area contributed by atoms with Crippen LogP contribution in [-0.4, -0.2) is 20.2 Å². The Kier molecular flexibility index (Phi) is 3.74. The normalized spacial score (nSPS) is 10.2. The number of ether oxygens (including phenoxy) is 1. The first-order valence-corrected chi connectivity index (χ1v) is 6.41. The predicted molar refractivity (Wildman–Crippen MR) is 74.6 cm³/mol. The second kappa shape index (κ2) is 6.01. The van der Waals surface area contributed by atoms with Crippen LogP contribution in [0.2, 0.25) is 0 Å². The van der Waals surface area contributed by atoms with Gasteiger partial charge in [-0.2, -0.15) is 9.94 Å². The second-order valence-electron chi connectivity index (χ2n) is 4.47. The third-order valence-corrected chi connectivity index (χ3v) is 2.97. The van der Waals surface area contributed by atoms with E-state index in [9.17, 15) is 4.39 Å². The minimum absolute atomic E-state index is 0.193. The van der Waals surface area contributed by atoms with E-state index in [0.717, 1.165) is 0 Å². The molecule has 0 unspecified atom stereocenters. The molecule has 3 rings (SSSR count). The molecule has 0 radical (unpaired) electrons. The van der Waals surface area contributed by atoms with Gasteiger partial charge in [0.05, 0.1) is 11.6 Å². The zero-order chi connectivity index (χ0) is 15.4. The number of aromatic nitrogens is 4. The van der Waals surface area contributed by atoms with Crippen LogP contribution in [0.3, 0.4) is 0 Å². The highest BCUT2D eigenvalue weighted by Crippen LogP contribution is 2.24. The number of hydrogen-bond acceptors (Lipinski definition) is 5. The van der Waals surface area contributed by atoms with Crippen molar-refractivity contribution in [3.05, 3.63) is 65.7 Å². The predicted octanol–water partition coefficient (Wildman–Crippen LogP) is 2.25. The maximum absolute atomic E-state index is 13.2. The van der Waals surface area contributed by atoms with Gasteiger partial charge in [-0.1, -0.05) is 12.1 Å². The number of nitriles is 1. The van der Waals surface area contributed by atoms with Crippen molar-refractivity contribution in [2.75, 3.05) is 0 Å². The number of hydrogen-bond donors (Lipinski definition) is 0. The van der Waals surface area contributed by atoms with E-state index in [1.54, 1.807) is 30.3 Å². The van der Waals surface area contributed by atoms with Gasteiger partial charge >= 0.3 is 0 Å². The molecule has 6 nitrogen and oxygen atoms in total. The molecule has 0 saturated heterocycles. The van der Waals surface area contributed by atoms with Crippen LogP contribution < -0.4 is 4.74 Å². The first kappa shape index (κ1) is 13.7. The summed E-state index contributed by atoms with van der Waals surface area (Å²) in [5.41, 5.74) is 1.70. The molecule has 7 heteroatoms. The van der Waals surface area contributed by atoms with E-state index < -0.39 is 0 Å². The molecule has 0 amide bonds. The summed E-state index contributed by atoms with van der Waals surface area (Å²) in [7, 11) is 0. The van der Waals surface area contributed by atoms with Gasteiger partial charge in [0, 0.05) is 0 Å². The Morgan fingerprint density at radius 3 is 2.86 bits per heavy atom. The van der Waals surface area contributed by atoms with Crippen LogP contribution >= 0.6 is 0 Å². The van der Waals surface area contributed by atoms with Crippen LogP contribution in [0.4, 0.5) is 4.39 Å². The zero-order valence-corrected chi connectivity index (χ0v) is 11.3. The van der Waals surface area contributed by atoms with E-state index in [-0.39, 0.29) is 12.4 Å². The van der Waals surface area contributed by atoms with Gasteiger partial charge in [0.15, 0.2) is 0 Å². The summed E-state index contributed by atoms with van der Waals surface area (Å²) in [4.78, 5) is 0. The molecule has 0 N–H and O–H groups in total. The Balaban J connectivity index is 1.89. The minimum atomic E-state index is -0.318. The van der Waals surface area contributed by atoms with Crippen LogP contribution in [-0.2, 0) is 6.61 Å². The van der Waals surface area contributed by atoms with Crippen molar-refractivity contribution in [1.82, 2.24) is 20.2 Å². The summed E-state index contributed by atoms with van der Waals surface area (Å²) in [5, 5.41) is 19.9. The first-order chi connectivity index (χ1) is 10.8. The van der Waals surface area contributed by atoms with Gasteiger partial charge in [0.25, 0.3) is 0 Å². The van der Waals surface area contributed by atoms with Crippen LogP contribution in [0, 0.1) is 17.1 Å². The number of rotatable bonds is 4. The molecule has 1 aromatic heterocycles. The third kappa shape index (κ3) is 2.91. The van der Waals surface area contributed by atoms with E-state index in [4.69, 9.17) is 10.00 Å². The first-order valence-electron chi connectivity index (χ1n) is 6.41. The Morgan fingerprint density at radius 1 is 1.23 bits per heavy atom. The number of benzene rings is 2. The molecule has 2 aromatic carbocycles. The van der Waals surface area contributed by atoms with E-state index in [1.807, 2.05) is 0 Å². The fourth-order valence-corrected chi connectivity index (χ4v) is 1.95. The second-order valence-corrected chi connectivity index (χ2v) is 4.47. The summed E-state index contributed by atoms with van der Waals surface area (Å²) in [6.45, 7) is 0.193. The number of tetrazole rings is 1. The molecular formula is C15H10FN5O. The summed E-state index contributed by atoms with van der Waals surface area (Å²) in [6.07, 6.45) is 1.41.